The van der Waals surface area contributed by atoms with Gasteiger partial charge in [-0.2, -0.15) is 4.57 Å². The topological polar surface area (TPSA) is 358 Å². The number of anilines is 1. The predicted octanol–water partition coefficient (Wildman–Crippen LogP) is -6.07. The Labute approximate surface area is 438 Å². The lowest BCUT2D eigenvalue weighted by Crippen LogP contribution is -3.00. The quantitative estimate of drug-likeness (QED) is 0.0320. The minimum Gasteiger partial charge on any atom is -1.00 e. The lowest BCUT2D eigenvalue weighted by Gasteiger charge is -2.47. The SMILES string of the molecule is CN1/C(=C/c2cc[n+](CCCCCCC(=O)NC[C@@H]3O[C@H](O[C@H]4[C@@H](O)[C@H](O[C@@H]5[C@@H](O)[C@H](N)C[C@H](N)[C@H]5O[C@H]5O[C@H](CO)[C@@H](O)[C@H](O)[C@H]5N)O[C@@H]4CO)[C@H](N)[C@@H](O)[C@@H]3O)c3ccccc23)Sc2ccccc21.[I-]. The van der Waals surface area contributed by atoms with E-state index in [1.54, 1.807) is 11.8 Å². The number of aliphatic hydroxyl groups is 8. The molecular weight excluding hydrogens is 1070 g/mol. The largest absolute Gasteiger partial charge is 1.00 e. The first kappa shape index (κ1) is 56.9. The van der Waals surface area contributed by atoms with Crippen molar-refractivity contribution in [2.75, 3.05) is 31.7 Å². The lowest BCUT2D eigenvalue weighted by atomic mass is 9.84. The molecule has 4 fully saturated rings. The minimum atomic E-state index is -1.69. The number of carbonyl (C=O) groups is 1. The number of rotatable bonds is 18. The van der Waals surface area contributed by atoms with E-state index in [9.17, 15) is 45.6 Å². The smallest absolute Gasteiger partial charge is 0.220 e. The van der Waals surface area contributed by atoms with E-state index in [4.69, 9.17) is 51.4 Å². The summed E-state index contributed by atoms with van der Waals surface area (Å²) in [7, 11) is 2.09. The summed E-state index contributed by atoms with van der Waals surface area (Å²) in [6, 6.07) is 14.4. The molecular formula is C48H70IN7O15S. The van der Waals surface area contributed by atoms with E-state index in [0.717, 1.165) is 41.9 Å². The fourth-order valence-corrected chi connectivity index (χ4v) is 11.0. The number of para-hydroxylation sites is 2. The van der Waals surface area contributed by atoms with Crippen molar-refractivity contribution in [1.82, 2.24) is 5.32 Å². The first-order chi connectivity index (χ1) is 34.1. The van der Waals surface area contributed by atoms with Crippen LogP contribution in [0, 0.1) is 0 Å². The van der Waals surface area contributed by atoms with Gasteiger partial charge in [0.2, 0.25) is 11.4 Å². The molecule has 1 amide bonds. The molecule has 5 heterocycles. The van der Waals surface area contributed by atoms with Gasteiger partial charge < -0.3 is 126 Å². The summed E-state index contributed by atoms with van der Waals surface area (Å²) < 4.78 is 37.8. The van der Waals surface area contributed by atoms with E-state index in [2.05, 4.69) is 82.6 Å². The molecule has 8 rings (SSSR count). The molecule has 1 aliphatic carbocycles. The Balaban J connectivity index is 0.00000760. The van der Waals surface area contributed by atoms with Crippen LogP contribution >= 0.6 is 11.8 Å². The Kier molecular flexibility index (Phi) is 20.1. The Morgan fingerprint density at radius 1 is 0.722 bits per heavy atom. The highest BCUT2D eigenvalue weighted by Crippen LogP contribution is 2.45. The van der Waals surface area contributed by atoms with E-state index in [1.165, 1.54) is 16.0 Å². The van der Waals surface area contributed by atoms with Gasteiger partial charge >= 0.3 is 0 Å². The molecule has 0 radical (unpaired) electrons. The van der Waals surface area contributed by atoms with E-state index in [1.807, 2.05) is 6.07 Å². The Hall–Kier alpha value is -2.78. The third-order valence-electron chi connectivity index (χ3n) is 14.1. The van der Waals surface area contributed by atoms with Gasteiger partial charge in [0, 0.05) is 55.5 Å². The van der Waals surface area contributed by atoms with Crippen molar-refractivity contribution in [3.05, 3.63) is 71.4 Å². The number of amides is 1. The lowest BCUT2D eigenvalue weighted by molar-refractivity contribution is -0.671. The number of hydrogen-bond donors (Lipinski definition) is 13. The molecule has 400 valence electrons. The molecule has 0 unspecified atom stereocenters. The molecule has 1 aromatic heterocycles. The highest BCUT2D eigenvalue weighted by Gasteiger charge is 2.54. The van der Waals surface area contributed by atoms with Crippen LogP contribution in [0.5, 0.6) is 0 Å². The average Bonchev–Trinajstić information content (AvgIpc) is 3.85. The fraction of sp³-hybridized carbons (Fsp3) is 0.625. The number of aliphatic hydroxyl groups excluding tert-OH is 8. The van der Waals surface area contributed by atoms with Crippen molar-refractivity contribution in [2.45, 2.75) is 166 Å². The Morgan fingerprint density at radius 2 is 1.33 bits per heavy atom. The van der Waals surface area contributed by atoms with E-state index < -0.39 is 129 Å². The number of nitrogens with zero attached hydrogens (tertiary/aromatic N) is 2. The van der Waals surface area contributed by atoms with Crippen LogP contribution in [0.2, 0.25) is 0 Å². The molecule has 2 aromatic carbocycles. The number of thioether (sulfide) groups is 1. The molecule has 17 N–H and O–H groups in total. The van der Waals surface area contributed by atoms with Crippen LogP contribution in [-0.4, -0.2) is 190 Å². The number of nitrogens with one attached hydrogen (secondary N) is 1. The predicted molar refractivity (Wildman–Crippen MR) is 256 cm³/mol. The number of ether oxygens (including phenoxy) is 6. The van der Waals surface area contributed by atoms with Crippen LogP contribution in [0.3, 0.4) is 0 Å². The summed E-state index contributed by atoms with van der Waals surface area (Å²) in [4.78, 5) is 16.4. The molecule has 1 saturated carbocycles. The van der Waals surface area contributed by atoms with Gasteiger partial charge in [0.15, 0.2) is 25.1 Å². The zero-order chi connectivity index (χ0) is 50.7. The molecule has 3 aromatic rings. The summed E-state index contributed by atoms with van der Waals surface area (Å²) in [5.41, 5.74) is 28.4. The molecule has 3 saturated heterocycles. The van der Waals surface area contributed by atoms with Crippen molar-refractivity contribution in [2.24, 2.45) is 22.9 Å². The highest BCUT2D eigenvalue weighted by atomic mass is 127. The van der Waals surface area contributed by atoms with Crippen molar-refractivity contribution < 1.29 is 103 Å². The Bertz CT molecular complexity index is 2300. The summed E-state index contributed by atoms with van der Waals surface area (Å²) >= 11 is 1.76. The van der Waals surface area contributed by atoms with E-state index in [-0.39, 0.29) is 49.3 Å². The number of fused-ring (bicyclic) bond motifs is 2. The van der Waals surface area contributed by atoms with E-state index >= 15 is 0 Å². The van der Waals surface area contributed by atoms with Gasteiger partial charge in [-0.05, 0) is 49.1 Å². The number of pyridine rings is 1. The summed E-state index contributed by atoms with van der Waals surface area (Å²) in [5.74, 6) is -0.285. The fourth-order valence-electron chi connectivity index (χ4n) is 9.91. The maximum Gasteiger partial charge on any atom is 0.220 e. The van der Waals surface area contributed by atoms with Crippen LogP contribution in [0.15, 0.2) is 70.7 Å². The molecule has 19 atom stereocenters. The maximum atomic E-state index is 13.0. The van der Waals surface area contributed by atoms with Gasteiger partial charge in [-0.15, -0.1) is 0 Å². The van der Waals surface area contributed by atoms with Crippen molar-refractivity contribution in [3.8, 4) is 0 Å². The second-order valence-corrected chi connectivity index (χ2v) is 20.1. The van der Waals surface area contributed by atoms with E-state index in [0.29, 0.717) is 6.42 Å². The van der Waals surface area contributed by atoms with Crippen molar-refractivity contribution >= 4 is 40.3 Å². The third kappa shape index (κ3) is 12.4. The average molecular weight is 1140 g/mol. The maximum absolute atomic E-state index is 13.0. The molecule has 0 spiro atoms. The summed E-state index contributed by atoms with van der Waals surface area (Å²) in [6.07, 6.45) is -13.8. The van der Waals surface area contributed by atoms with Crippen LogP contribution in [0.25, 0.3) is 17.0 Å². The van der Waals surface area contributed by atoms with Gasteiger partial charge in [-0.1, -0.05) is 42.4 Å². The van der Waals surface area contributed by atoms with Gasteiger partial charge in [0.25, 0.3) is 0 Å². The standard InChI is InChI=1S/C48H69N7O15S.HI/c1-54-28-12-7-8-13-32(28)71-34(54)18-23-15-17-55(27-11-6-5-10-24(23)27)16-9-3-2-4-14-33(58)53-20-29-38(60)40(62)35(51)46(65-29)69-44-31(22-57)67-48(42(44)64)70-45-37(59)25(49)19-26(50)43(45)68-47-36(52)41(63)39(61)30(21-56)66-47;/h5-8,10-13,15,17-18,25-26,29-31,35-48,56-57,59-64H,2-4,9,14,16,19-22,49-52H2,1H3;1H/t25-,26+,29+,30-,31-,35-,36-,37+,38-,39-,40-,41-,42-,43-,44-,45-,46-,47-,48+;/m1./s1. The first-order valence-corrected chi connectivity index (χ1v) is 25.1. The highest BCUT2D eigenvalue weighted by molar-refractivity contribution is 8.03. The van der Waals surface area contributed by atoms with Gasteiger partial charge in [0.1, 0.15) is 73.7 Å². The number of aryl methyl sites for hydroxylation is 1. The zero-order valence-electron chi connectivity index (χ0n) is 39.8. The van der Waals surface area contributed by atoms with Crippen LogP contribution < -0.4 is 61.7 Å². The number of nitrogens with two attached hydrogens (primary N) is 4. The third-order valence-corrected chi connectivity index (χ3v) is 15.3. The van der Waals surface area contributed by atoms with Gasteiger partial charge in [0.05, 0.1) is 47.5 Å². The molecule has 22 nitrogen and oxygen atoms in total. The minimum absolute atomic E-state index is 0. The molecule has 4 aliphatic heterocycles. The number of unbranched alkanes of at least 4 members (excludes halogenated alkanes) is 3. The van der Waals surface area contributed by atoms with Gasteiger partial charge in [-0.3, -0.25) is 4.79 Å². The van der Waals surface area contributed by atoms with Crippen LogP contribution in [0.1, 0.15) is 44.1 Å². The zero-order valence-corrected chi connectivity index (χ0v) is 42.8. The van der Waals surface area contributed by atoms with Gasteiger partial charge in [-0.25, -0.2) is 0 Å². The van der Waals surface area contributed by atoms with Crippen LogP contribution in [-0.2, 0) is 39.8 Å². The monoisotopic (exact) mass is 1140 g/mol. The summed E-state index contributed by atoms with van der Waals surface area (Å²) in [6.45, 7) is -0.772. The molecule has 0 bridgehead atoms. The van der Waals surface area contributed by atoms with Crippen molar-refractivity contribution in [3.63, 3.8) is 0 Å². The molecule has 72 heavy (non-hydrogen) atoms. The van der Waals surface area contributed by atoms with Crippen LogP contribution in [0.4, 0.5) is 5.69 Å². The molecule has 24 heteroatoms. The van der Waals surface area contributed by atoms with Crippen molar-refractivity contribution in [1.29, 1.82) is 0 Å². The number of hydrogen-bond acceptors (Lipinski definition) is 21. The molecule has 5 aliphatic rings. The number of benzene rings is 2. The first-order valence-electron chi connectivity index (χ1n) is 24.3. The number of halogens is 1. The number of carbonyl (C=O) groups excluding carboxylic acids is 1. The second kappa shape index (κ2) is 25.4. The number of aromatic nitrogens is 1. The normalized spacial score (nSPS) is 37.4. The Morgan fingerprint density at radius 3 is 2.04 bits per heavy atom. The summed E-state index contributed by atoms with van der Waals surface area (Å²) in [5, 5.41) is 90.3. The second-order valence-electron chi connectivity index (χ2n) is 19.0.